The number of alkyl halides is 1. The molecule has 0 saturated heterocycles. The van der Waals surface area contributed by atoms with Gasteiger partial charge in [0.2, 0.25) is 5.91 Å². The maximum absolute atomic E-state index is 12.5. The Hall–Kier alpha value is -1.75. The van der Waals surface area contributed by atoms with Gasteiger partial charge in [-0.2, -0.15) is 0 Å². The Kier molecular flexibility index (Phi) is 10.9. The van der Waals surface area contributed by atoms with Crippen LogP contribution in [0.4, 0.5) is 5.69 Å². The molecule has 4 nitrogen and oxygen atoms in total. The molecule has 0 aromatic heterocycles. The topological polar surface area (TPSA) is 47.6 Å². The fourth-order valence-electron chi connectivity index (χ4n) is 2.28. The number of benzene rings is 1. The molecule has 0 fully saturated rings. The summed E-state index contributed by atoms with van der Waals surface area (Å²) in [6.45, 7) is 12.2. The molecule has 5 heteroatoms. The number of rotatable bonds is 14. The summed E-state index contributed by atoms with van der Waals surface area (Å²) in [4.78, 5) is 12.5. The summed E-state index contributed by atoms with van der Waals surface area (Å²) in [5.74, 6) is 1.10. The van der Waals surface area contributed by atoms with Crippen molar-refractivity contribution in [3.8, 4) is 11.5 Å². The zero-order valence-electron chi connectivity index (χ0n) is 16.6. The first-order chi connectivity index (χ1) is 12.9. The van der Waals surface area contributed by atoms with Crippen LogP contribution < -0.4 is 14.8 Å². The number of allylic oxidation sites excluding steroid dienone is 2. The lowest BCUT2D eigenvalue weighted by atomic mass is 10.2. The fourth-order valence-corrected chi connectivity index (χ4v) is 2.38. The van der Waals surface area contributed by atoms with Crippen LogP contribution in [0.25, 0.3) is 0 Å². The molecule has 0 saturated carbocycles. The van der Waals surface area contributed by atoms with Gasteiger partial charge in [-0.05, 0) is 64.5 Å². The van der Waals surface area contributed by atoms with Crippen LogP contribution in [-0.4, -0.2) is 23.4 Å². The lowest BCUT2D eigenvalue weighted by Gasteiger charge is -2.20. The number of hydrogen-bond donors (Lipinski definition) is 1. The van der Waals surface area contributed by atoms with Gasteiger partial charge in [-0.1, -0.05) is 34.1 Å². The summed E-state index contributed by atoms with van der Waals surface area (Å²) in [6.07, 6.45) is 9.66. The van der Waals surface area contributed by atoms with Gasteiger partial charge in [-0.3, -0.25) is 4.79 Å². The molecule has 0 aliphatic carbocycles. The van der Waals surface area contributed by atoms with Gasteiger partial charge in [0.1, 0.15) is 17.2 Å². The van der Waals surface area contributed by atoms with E-state index in [4.69, 9.17) is 9.47 Å². The minimum atomic E-state index is -0.689. The number of hydrogen-bond acceptors (Lipinski definition) is 3. The van der Waals surface area contributed by atoms with Crippen LogP contribution in [-0.2, 0) is 4.79 Å². The Morgan fingerprint density at radius 1 is 1.04 bits per heavy atom. The van der Waals surface area contributed by atoms with Gasteiger partial charge in [-0.25, -0.2) is 0 Å². The number of unbranched alkanes of at least 4 members (excludes halogenated alkanes) is 4. The van der Waals surface area contributed by atoms with Crippen molar-refractivity contribution in [1.29, 1.82) is 0 Å². The number of ether oxygens (including phenoxy) is 2. The van der Waals surface area contributed by atoms with Crippen molar-refractivity contribution in [2.24, 2.45) is 0 Å². The summed E-state index contributed by atoms with van der Waals surface area (Å²) < 4.78 is 11.2. The minimum absolute atomic E-state index is 0.151. The van der Waals surface area contributed by atoms with Crippen molar-refractivity contribution < 1.29 is 14.3 Å². The second-order valence-corrected chi connectivity index (χ2v) is 8.80. The Labute approximate surface area is 172 Å². The molecule has 1 rings (SSSR count). The highest BCUT2D eigenvalue weighted by atomic mass is 79.9. The third-order valence-corrected chi connectivity index (χ3v) is 4.25. The van der Waals surface area contributed by atoms with Gasteiger partial charge in [0.15, 0.2) is 0 Å². The molecule has 0 aliphatic heterocycles. The van der Waals surface area contributed by atoms with Crippen molar-refractivity contribution in [3.63, 3.8) is 0 Å². The average Bonchev–Trinajstić information content (AvgIpc) is 2.62. The van der Waals surface area contributed by atoms with E-state index in [1.54, 1.807) is 13.8 Å². The molecule has 150 valence electrons. The van der Waals surface area contributed by atoms with Crippen LogP contribution in [0, 0.1) is 0 Å². The van der Waals surface area contributed by atoms with Crippen LogP contribution in [0.15, 0.2) is 43.5 Å². The molecule has 0 spiro atoms. The normalized spacial score (nSPS) is 10.9. The van der Waals surface area contributed by atoms with Gasteiger partial charge in [0.05, 0.1) is 17.5 Å². The van der Waals surface area contributed by atoms with Gasteiger partial charge in [0, 0.05) is 0 Å². The Balaban J connectivity index is 2.85. The van der Waals surface area contributed by atoms with E-state index in [-0.39, 0.29) is 5.91 Å². The third-order valence-electron chi connectivity index (χ3n) is 3.89. The van der Waals surface area contributed by atoms with Crippen molar-refractivity contribution in [2.45, 2.75) is 56.7 Å². The quantitative estimate of drug-likeness (QED) is 0.212. The van der Waals surface area contributed by atoms with E-state index in [0.717, 1.165) is 38.5 Å². The Morgan fingerprint density at radius 2 is 1.52 bits per heavy atom. The molecule has 0 heterocycles. The zero-order chi connectivity index (χ0) is 20.1. The van der Waals surface area contributed by atoms with Crippen molar-refractivity contribution in [3.05, 3.63) is 43.5 Å². The maximum atomic E-state index is 12.5. The van der Waals surface area contributed by atoms with E-state index in [9.17, 15) is 4.79 Å². The lowest BCUT2D eigenvalue weighted by molar-refractivity contribution is -0.117. The average molecular weight is 438 g/mol. The second kappa shape index (κ2) is 12.6. The van der Waals surface area contributed by atoms with Gasteiger partial charge < -0.3 is 14.8 Å². The first-order valence-electron chi connectivity index (χ1n) is 9.51. The number of halogens is 1. The molecule has 0 radical (unpaired) electrons. The summed E-state index contributed by atoms with van der Waals surface area (Å²) in [5, 5.41) is 2.96. The number of anilines is 1. The largest absolute Gasteiger partial charge is 0.491 e. The molecule has 0 unspecified atom stereocenters. The molecular weight excluding hydrogens is 406 g/mol. The van der Waals surface area contributed by atoms with Crippen molar-refractivity contribution in [1.82, 2.24) is 0 Å². The Morgan fingerprint density at radius 3 is 1.93 bits per heavy atom. The van der Waals surface area contributed by atoms with Crippen LogP contribution >= 0.6 is 15.9 Å². The third kappa shape index (κ3) is 9.14. The first kappa shape index (κ1) is 23.3. The van der Waals surface area contributed by atoms with Crippen molar-refractivity contribution >= 4 is 27.5 Å². The standard InChI is InChI=1S/C22H32BrNO3/c1-5-7-9-11-16-26-18-14-13-15-19(27-17-12-10-8-6-2)20(18)24-21(25)22(3,4)23/h5-6,13-15H,1-2,7-12,16-17H2,3-4H3,(H,24,25). The number of nitrogens with one attached hydrogen (secondary N) is 1. The molecule has 1 aromatic rings. The molecule has 0 atom stereocenters. The molecule has 1 aromatic carbocycles. The number of carbonyl (C=O) groups is 1. The highest BCUT2D eigenvalue weighted by Crippen LogP contribution is 2.36. The lowest BCUT2D eigenvalue weighted by Crippen LogP contribution is -2.31. The zero-order valence-corrected chi connectivity index (χ0v) is 18.1. The minimum Gasteiger partial charge on any atom is -0.491 e. The van der Waals surface area contributed by atoms with E-state index in [2.05, 4.69) is 34.4 Å². The van der Waals surface area contributed by atoms with Crippen LogP contribution in [0.2, 0.25) is 0 Å². The SMILES string of the molecule is C=CCCCCOc1cccc(OCCCCC=C)c1NC(=O)C(C)(C)Br. The molecule has 1 N–H and O–H groups in total. The predicted molar refractivity (Wildman–Crippen MR) is 117 cm³/mol. The van der Waals surface area contributed by atoms with Gasteiger partial charge in [0.25, 0.3) is 0 Å². The van der Waals surface area contributed by atoms with Crippen LogP contribution in [0.3, 0.4) is 0 Å². The van der Waals surface area contributed by atoms with Gasteiger partial charge in [-0.15, -0.1) is 13.2 Å². The highest BCUT2D eigenvalue weighted by molar-refractivity contribution is 9.10. The maximum Gasteiger partial charge on any atom is 0.240 e. The number of carbonyl (C=O) groups excluding carboxylic acids is 1. The molecule has 0 bridgehead atoms. The van der Waals surface area contributed by atoms with Crippen LogP contribution in [0.1, 0.15) is 52.4 Å². The van der Waals surface area contributed by atoms with Gasteiger partial charge >= 0.3 is 0 Å². The van der Waals surface area contributed by atoms with E-state index >= 15 is 0 Å². The molecular formula is C22H32BrNO3. The summed E-state index contributed by atoms with van der Waals surface area (Å²) in [5.41, 5.74) is 0.586. The van der Waals surface area contributed by atoms with E-state index < -0.39 is 4.32 Å². The summed E-state index contributed by atoms with van der Waals surface area (Å²) in [7, 11) is 0. The number of amides is 1. The van der Waals surface area contributed by atoms with E-state index in [0.29, 0.717) is 30.4 Å². The summed E-state index contributed by atoms with van der Waals surface area (Å²) in [6, 6.07) is 5.59. The second-order valence-electron chi connectivity index (χ2n) is 6.82. The van der Waals surface area contributed by atoms with E-state index in [1.807, 2.05) is 30.4 Å². The van der Waals surface area contributed by atoms with Crippen LogP contribution in [0.5, 0.6) is 11.5 Å². The smallest absolute Gasteiger partial charge is 0.240 e. The monoisotopic (exact) mass is 437 g/mol. The fraction of sp³-hybridized carbons (Fsp3) is 0.500. The first-order valence-corrected chi connectivity index (χ1v) is 10.3. The van der Waals surface area contributed by atoms with Crippen molar-refractivity contribution in [2.75, 3.05) is 18.5 Å². The summed E-state index contributed by atoms with van der Waals surface area (Å²) >= 11 is 3.40. The number of para-hydroxylation sites is 1. The molecule has 0 aliphatic rings. The molecule has 1 amide bonds. The highest BCUT2D eigenvalue weighted by Gasteiger charge is 2.26. The molecule has 27 heavy (non-hydrogen) atoms. The Bertz CT molecular complexity index is 572. The van der Waals surface area contributed by atoms with E-state index in [1.165, 1.54) is 0 Å². The predicted octanol–water partition coefficient (Wildman–Crippen LogP) is 6.27.